The normalized spacial score (nSPS) is 20.8. The molecule has 1 saturated carbocycles. The van der Waals surface area contributed by atoms with Crippen molar-refractivity contribution >= 4 is 17.4 Å². The molecule has 1 amide bonds. The van der Waals surface area contributed by atoms with E-state index in [1.54, 1.807) is 7.11 Å². The number of carbonyl (C=O) groups is 1. The first kappa shape index (κ1) is 20.0. The van der Waals surface area contributed by atoms with Crippen LogP contribution in [0.15, 0.2) is 42.6 Å². The minimum atomic E-state index is -0.0852. The second kappa shape index (κ2) is 8.64. The molecule has 8 nitrogen and oxygen atoms in total. The molecule has 2 aromatic heterocycles. The van der Waals surface area contributed by atoms with Crippen molar-refractivity contribution < 1.29 is 9.53 Å². The Hall–Kier alpha value is -2.97. The zero-order valence-electron chi connectivity index (χ0n) is 17.7. The van der Waals surface area contributed by atoms with E-state index in [0.717, 1.165) is 48.2 Å². The number of fused-ring (bicyclic) bond motifs is 1. The van der Waals surface area contributed by atoms with Gasteiger partial charge in [-0.05, 0) is 56.0 Å². The van der Waals surface area contributed by atoms with E-state index in [1.165, 1.54) is 12.8 Å². The lowest BCUT2D eigenvalue weighted by Crippen LogP contribution is -2.43. The predicted octanol–water partition coefficient (Wildman–Crippen LogP) is 2.32. The maximum atomic E-state index is 12.6. The zero-order valence-corrected chi connectivity index (χ0v) is 17.7. The van der Waals surface area contributed by atoms with Crippen molar-refractivity contribution in [3.63, 3.8) is 0 Å². The highest BCUT2D eigenvalue weighted by Crippen LogP contribution is 2.29. The fourth-order valence-corrected chi connectivity index (χ4v) is 4.06. The molecule has 31 heavy (non-hydrogen) atoms. The number of hydrogen-bond acceptors (Lipinski definition) is 6. The van der Waals surface area contributed by atoms with E-state index in [9.17, 15) is 4.79 Å². The lowest BCUT2D eigenvalue weighted by Gasteiger charge is -2.18. The third kappa shape index (κ3) is 4.40. The summed E-state index contributed by atoms with van der Waals surface area (Å²) in [7, 11) is 1.71. The van der Waals surface area contributed by atoms with Gasteiger partial charge in [-0.15, -0.1) is 5.10 Å². The van der Waals surface area contributed by atoms with E-state index in [2.05, 4.69) is 20.9 Å². The number of ether oxygens (including phenoxy) is 1. The minimum absolute atomic E-state index is 0.0852. The van der Waals surface area contributed by atoms with Gasteiger partial charge in [0.1, 0.15) is 5.82 Å². The van der Waals surface area contributed by atoms with Crippen LogP contribution >= 0.6 is 0 Å². The summed E-state index contributed by atoms with van der Waals surface area (Å²) < 4.78 is 7.31. The monoisotopic (exact) mass is 420 g/mol. The standard InChI is InChI=1S/C23H28N6O2/c1-31-20-10-11-24-18(20)13-27-23(30)17-6-4-16(5-7-17)19-14-26-22-9-8-21(28-29(19)22)25-12-15-2-3-15/h4-9,14-15,18,20,24H,2-3,10-13H2,1H3,(H,25,28)(H,27,30)/t18-,20+/m1/s1. The number of aromatic nitrogens is 3. The van der Waals surface area contributed by atoms with Crippen molar-refractivity contribution in [3.8, 4) is 11.3 Å². The molecule has 3 N–H and O–H groups in total. The molecule has 3 heterocycles. The van der Waals surface area contributed by atoms with Crippen molar-refractivity contribution in [2.45, 2.75) is 31.4 Å². The van der Waals surface area contributed by atoms with Crippen LogP contribution in [0.5, 0.6) is 0 Å². The number of rotatable bonds is 8. The van der Waals surface area contributed by atoms with Crippen LogP contribution in [0.2, 0.25) is 0 Å². The molecule has 2 atom stereocenters. The van der Waals surface area contributed by atoms with Crippen LogP contribution in [-0.2, 0) is 4.74 Å². The van der Waals surface area contributed by atoms with E-state index in [1.807, 2.05) is 47.1 Å². The number of nitrogens with zero attached hydrogens (tertiary/aromatic N) is 3. The number of amides is 1. The predicted molar refractivity (Wildman–Crippen MR) is 119 cm³/mol. The number of imidazole rings is 1. The van der Waals surface area contributed by atoms with Crippen molar-refractivity contribution in [2.24, 2.45) is 5.92 Å². The van der Waals surface area contributed by atoms with Gasteiger partial charge in [-0.25, -0.2) is 9.50 Å². The van der Waals surface area contributed by atoms with Crippen LogP contribution in [0, 0.1) is 5.92 Å². The zero-order chi connectivity index (χ0) is 21.2. The van der Waals surface area contributed by atoms with Gasteiger partial charge in [0.2, 0.25) is 0 Å². The average Bonchev–Trinajstić information content (AvgIpc) is 3.36. The molecule has 2 aliphatic rings. The van der Waals surface area contributed by atoms with E-state index < -0.39 is 0 Å². The summed E-state index contributed by atoms with van der Waals surface area (Å²) in [5.41, 5.74) is 3.29. The van der Waals surface area contributed by atoms with Gasteiger partial charge in [-0.1, -0.05) is 12.1 Å². The van der Waals surface area contributed by atoms with Crippen LogP contribution in [0.25, 0.3) is 16.9 Å². The van der Waals surface area contributed by atoms with Crippen molar-refractivity contribution in [1.29, 1.82) is 0 Å². The molecule has 0 radical (unpaired) electrons. The maximum Gasteiger partial charge on any atom is 0.251 e. The molecule has 0 spiro atoms. The molecule has 3 aromatic rings. The number of benzene rings is 1. The summed E-state index contributed by atoms with van der Waals surface area (Å²) >= 11 is 0. The Bertz CT molecular complexity index is 1060. The Morgan fingerprint density at radius 2 is 2.00 bits per heavy atom. The van der Waals surface area contributed by atoms with Gasteiger partial charge >= 0.3 is 0 Å². The first-order valence-corrected chi connectivity index (χ1v) is 10.9. The first-order valence-electron chi connectivity index (χ1n) is 10.9. The van der Waals surface area contributed by atoms with Gasteiger partial charge in [-0.3, -0.25) is 4.79 Å². The van der Waals surface area contributed by atoms with Gasteiger partial charge in [0.15, 0.2) is 5.65 Å². The second-order valence-electron chi connectivity index (χ2n) is 8.37. The van der Waals surface area contributed by atoms with E-state index in [0.29, 0.717) is 12.1 Å². The number of methoxy groups -OCH3 is 1. The molecule has 8 heteroatoms. The minimum Gasteiger partial charge on any atom is -0.380 e. The van der Waals surface area contributed by atoms with Crippen LogP contribution in [0.4, 0.5) is 5.82 Å². The summed E-state index contributed by atoms with van der Waals surface area (Å²) in [6.07, 6.45) is 5.54. The summed E-state index contributed by atoms with van der Waals surface area (Å²) in [5, 5.41) is 14.5. The molecule has 1 aromatic carbocycles. The van der Waals surface area contributed by atoms with Crippen LogP contribution < -0.4 is 16.0 Å². The molecule has 0 unspecified atom stereocenters. The van der Waals surface area contributed by atoms with Crippen molar-refractivity contribution in [2.75, 3.05) is 32.1 Å². The number of anilines is 1. The third-order valence-corrected chi connectivity index (χ3v) is 6.14. The maximum absolute atomic E-state index is 12.6. The summed E-state index contributed by atoms with van der Waals surface area (Å²) in [6.45, 7) is 2.43. The SMILES string of the molecule is CO[C@H]1CCN[C@@H]1CNC(=O)c1ccc(-c2cnc3ccc(NCC4CC4)nn23)cc1. The summed E-state index contributed by atoms with van der Waals surface area (Å²) in [5.74, 6) is 1.55. The van der Waals surface area contributed by atoms with E-state index in [4.69, 9.17) is 9.84 Å². The van der Waals surface area contributed by atoms with Crippen LogP contribution in [0.3, 0.4) is 0 Å². The number of carbonyl (C=O) groups excluding carboxylic acids is 1. The highest BCUT2D eigenvalue weighted by atomic mass is 16.5. The van der Waals surface area contributed by atoms with Crippen LogP contribution in [-0.4, -0.2) is 59.4 Å². The van der Waals surface area contributed by atoms with Gasteiger partial charge in [0, 0.05) is 31.3 Å². The molecule has 0 bridgehead atoms. The van der Waals surface area contributed by atoms with E-state index in [-0.39, 0.29) is 18.1 Å². The molecule has 1 aliphatic heterocycles. The van der Waals surface area contributed by atoms with Gasteiger partial charge in [0.05, 0.1) is 24.0 Å². The van der Waals surface area contributed by atoms with E-state index >= 15 is 0 Å². The molecule has 1 aliphatic carbocycles. The molecule has 1 saturated heterocycles. The molecule has 5 rings (SSSR count). The lowest BCUT2D eigenvalue weighted by atomic mass is 10.1. The van der Waals surface area contributed by atoms with Gasteiger partial charge < -0.3 is 20.7 Å². The first-order chi connectivity index (χ1) is 15.2. The van der Waals surface area contributed by atoms with Crippen LogP contribution in [0.1, 0.15) is 29.6 Å². The Morgan fingerprint density at radius 1 is 1.16 bits per heavy atom. The fourth-order valence-electron chi connectivity index (χ4n) is 4.06. The largest absolute Gasteiger partial charge is 0.380 e. The topological polar surface area (TPSA) is 92.6 Å². The Balaban J connectivity index is 1.27. The quantitative estimate of drug-likeness (QED) is 0.518. The smallest absolute Gasteiger partial charge is 0.251 e. The molecular formula is C23H28N6O2. The summed E-state index contributed by atoms with van der Waals surface area (Å²) in [6, 6.07) is 11.7. The number of nitrogens with one attached hydrogen (secondary N) is 3. The Morgan fingerprint density at radius 3 is 2.77 bits per heavy atom. The van der Waals surface area contributed by atoms with Gasteiger partial charge in [-0.2, -0.15) is 0 Å². The fraction of sp³-hybridized carbons (Fsp3) is 0.435. The van der Waals surface area contributed by atoms with Crippen molar-refractivity contribution in [3.05, 3.63) is 48.2 Å². The molecule has 162 valence electrons. The third-order valence-electron chi connectivity index (χ3n) is 6.14. The molecular weight excluding hydrogens is 392 g/mol. The highest BCUT2D eigenvalue weighted by molar-refractivity contribution is 5.94. The Labute approximate surface area is 181 Å². The molecule has 2 fully saturated rings. The number of hydrogen-bond donors (Lipinski definition) is 3. The summed E-state index contributed by atoms with van der Waals surface area (Å²) in [4.78, 5) is 17.0. The Kier molecular flexibility index (Phi) is 5.57. The highest BCUT2D eigenvalue weighted by Gasteiger charge is 2.26. The second-order valence-corrected chi connectivity index (χ2v) is 8.37. The van der Waals surface area contributed by atoms with Crippen molar-refractivity contribution in [1.82, 2.24) is 25.2 Å². The van der Waals surface area contributed by atoms with Gasteiger partial charge in [0.25, 0.3) is 5.91 Å². The average molecular weight is 421 g/mol. The lowest BCUT2D eigenvalue weighted by molar-refractivity contribution is 0.0845.